The molecule has 0 spiro atoms. The van der Waals surface area contributed by atoms with E-state index in [9.17, 15) is 14.3 Å². The Morgan fingerprint density at radius 1 is 1.38 bits per heavy atom. The number of carbonyl (C=O) groups is 1. The molecule has 1 saturated heterocycles. The van der Waals surface area contributed by atoms with Crippen LogP contribution < -0.4 is 0 Å². The van der Waals surface area contributed by atoms with Gasteiger partial charge < -0.3 is 14.4 Å². The fraction of sp³-hybridized carbons (Fsp3) is 0.438. The van der Waals surface area contributed by atoms with Gasteiger partial charge in [0.1, 0.15) is 11.4 Å². The van der Waals surface area contributed by atoms with Crippen LogP contribution in [0.15, 0.2) is 28.7 Å². The molecule has 3 rings (SSSR count). The highest BCUT2D eigenvalue weighted by Crippen LogP contribution is 2.25. The first-order chi connectivity index (χ1) is 10.0. The van der Waals surface area contributed by atoms with Crippen molar-refractivity contribution < 1.29 is 18.7 Å². The van der Waals surface area contributed by atoms with E-state index in [2.05, 4.69) is 0 Å². The first-order valence-electron chi connectivity index (χ1n) is 7.21. The molecule has 1 aliphatic heterocycles. The van der Waals surface area contributed by atoms with Gasteiger partial charge in [-0.2, -0.15) is 0 Å². The molecule has 1 atom stereocenters. The van der Waals surface area contributed by atoms with Crippen LogP contribution in [-0.2, 0) is 0 Å². The van der Waals surface area contributed by atoms with Crippen LogP contribution in [-0.4, -0.2) is 35.1 Å². The maximum absolute atomic E-state index is 13.2. The van der Waals surface area contributed by atoms with Crippen LogP contribution in [0.3, 0.4) is 0 Å². The van der Waals surface area contributed by atoms with Gasteiger partial charge in [-0.25, -0.2) is 4.39 Å². The van der Waals surface area contributed by atoms with E-state index in [4.69, 9.17) is 4.42 Å². The summed E-state index contributed by atoms with van der Waals surface area (Å²) in [4.78, 5) is 14.1. The number of aliphatic hydroxyl groups is 1. The number of carbonyl (C=O) groups excluding carboxylic acids is 1. The minimum Gasteiger partial charge on any atom is -0.451 e. The van der Waals surface area contributed by atoms with E-state index in [0.717, 1.165) is 12.8 Å². The standard InChI is InChI=1S/C16H18FNO3/c1-10(19)11-4-6-18(7-5-11)16(20)15-9-12-8-13(17)2-3-14(12)21-15/h2-3,8-11,19H,4-7H2,1H3. The number of nitrogens with zero attached hydrogens (tertiary/aromatic N) is 1. The number of aliphatic hydroxyl groups excluding tert-OH is 1. The lowest BCUT2D eigenvalue weighted by molar-refractivity contribution is 0.0500. The topological polar surface area (TPSA) is 53.7 Å². The average molecular weight is 291 g/mol. The molecule has 1 amide bonds. The van der Waals surface area contributed by atoms with Crippen LogP contribution in [0.1, 0.15) is 30.3 Å². The number of hydrogen-bond acceptors (Lipinski definition) is 3. The summed E-state index contributed by atoms with van der Waals surface area (Å²) in [6.07, 6.45) is 1.24. The van der Waals surface area contributed by atoms with Gasteiger partial charge >= 0.3 is 0 Å². The van der Waals surface area contributed by atoms with E-state index in [1.54, 1.807) is 17.9 Å². The van der Waals surface area contributed by atoms with Gasteiger partial charge in [-0.05, 0) is 49.9 Å². The molecule has 0 aliphatic carbocycles. The van der Waals surface area contributed by atoms with Crippen molar-refractivity contribution in [2.24, 2.45) is 5.92 Å². The van der Waals surface area contributed by atoms with Gasteiger partial charge in [0.15, 0.2) is 5.76 Å². The van der Waals surface area contributed by atoms with Crippen LogP contribution in [0.5, 0.6) is 0 Å². The van der Waals surface area contributed by atoms with Crippen molar-refractivity contribution in [2.45, 2.75) is 25.9 Å². The minimum absolute atomic E-state index is 0.171. The molecule has 1 N–H and O–H groups in total. The van der Waals surface area contributed by atoms with E-state index < -0.39 is 0 Å². The number of amides is 1. The summed E-state index contributed by atoms with van der Waals surface area (Å²) in [5.41, 5.74) is 0.513. The lowest BCUT2D eigenvalue weighted by Gasteiger charge is -2.32. The number of likely N-dealkylation sites (tertiary alicyclic amines) is 1. The van der Waals surface area contributed by atoms with Crippen molar-refractivity contribution in [1.82, 2.24) is 4.90 Å². The Morgan fingerprint density at radius 2 is 2.10 bits per heavy atom. The molecule has 1 aromatic carbocycles. The molecular formula is C16H18FNO3. The third-order valence-electron chi connectivity index (χ3n) is 4.20. The second-order valence-corrected chi connectivity index (χ2v) is 5.66. The fourth-order valence-electron chi connectivity index (χ4n) is 2.86. The molecule has 1 aliphatic rings. The highest BCUT2D eigenvalue weighted by Gasteiger charge is 2.27. The molecule has 1 unspecified atom stereocenters. The molecule has 2 aromatic rings. The first kappa shape index (κ1) is 14.1. The maximum atomic E-state index is 13.2. The number of rotatable bonds is 2. The molecular weight excluding hydrogens is 273 g/mol. The third kappa shape index (κ3) is 2.78. The molecule has 21 heavy (non-hydrogen) atoms. The minimum atomic E-state index is -0.347. The van der Waals surface area contributed by atoms with E-state index >= 15 is 0 Å². The van der Waals surface area contributed by atoms with Gasteiger partial charge in [-0.3, -0.25) is 4.79 Å². The van der Waals surface area contributed by atoms with E-state index in [1.165, 1.54) is 18.2 Å². The van der Waals surface area contributed by atoms with Crippen molar-refractivity contribution in [2.75, 3.05) is 13.1 Å². The zero-order valence-electron chi connectivity index (χ0n) is 11.9. The van der Waals surface area contributed by atoms with Gasteiger partial charge in [-0.15, -0.1) is 0 Å². The van der Waals surface area contributed by atoms with Crippen LogP contribution in [0.2, 0.25) is 0 Å². The SMILES string of the molecule is CC(O)C1CCN(C(=O)c2cc3cc(F)ccc3o2)CC1. The predicted molar refractivity (Wildman–Crippen MR) is 76.5 cm³/mol. The molecule has 4 nitrogen and oxygen atoms in total. The van der Waals surface area contributed by atoms with Crippen molar-refractivity contribution in [3.63, 3.8) is 0 Å². The summed E-state index contributed by atoms with van der Waals surface area (Å²) >= 11 is 0. The number of furan rings is 1. The number of halogens is 1. The normalized spacial score (nSPS) is 18.1. The number of piperidine rings is 1. The lowest BCUT2D eigenvalue weighted by Crippen LogP contribution is -2.40. The van der Waals surface area contributed by atoms with Gasteiger partial charge in [0.2, 0.25) is 0 Å². The summed E-state index contributed by atoms with van der Waals surface area (Å²) in [5, 5.41) is 10.2. The van der Waals surface area contributed by atoms with Crippen LogP contribution >= 0.6 is 0 Å². The van der Waals surface area contributed by atoms with Crippen LogP contribution in [0.25, 0.3) is 11.0 Å². The molecule has 0 radical (unpaired) electrons. The lowest BCUT2D eigenvalue weighted by atomic mass is 9.92. The number of fused-ring (bicyclic) bond motifs is 1. The molecule has 1 fully saturated rings. The molecule has 5 heteroatoms. The Balaban J connectivity index is 1.75. The highest BCUT2D eigenvalue weighted by atomic mass is 19.1. The quantitative estimate of drug-likeness (QED) is 0.925. The Labute approximate surface area is 122 Å². The van der Waals surface area contributed by atoms with Crippen molar-refractivity contribution in [3.05, 3.63) is 35.8 Å². The monoisotopic (exact) mass is 291 g/mol. The van der Waals surface area contributed by atoms with Gasteiger partial charge in [0.25, 0.3) is 5.91 Å². The second kappa shape index (κ2) is 5.48. The van der Waals surface area contributed by atoms with Gasteiger partial charge in [0.05, 0.1) is 6.10 Å². The van der Waals surface area contributed by atoms with E-state index in [-0.39, 0.29) is 29.5 Å². The van der Waals surface area contributed by atoms with Crippen LogP contribution in [0, 0.1) is 11.7 Å². The average Bonchev–Trinajstić information content (AvgIpc) is 2.89. The van der Waals surface area contributed by atoms with Gasteiger partial charge in [0, 0.05) is 18.5 Å². The van der Waals surface area contributed by atoms with Crippen molar-refractivity contribution in [1.29, 1.82) is 0 Å². The Bertz CT molecular complexity index is 657. The summed E-state index contributed by atoms with van der Waals surface area (Å²) < 4.78 is 18.7. The first-order valence-corrected chi connectivity index (χ1v) is 7.21. The molecule has 0 bridgehead atoms. The second-order valence-electron chi connectivity index (χ2n) is 5.66. The number of benzene rings is 1. The highest BCUT2D eigenvalue weighted by molar-refractivity contribution is 5.96. The number of hydrogen-bond donors (Lipinski definition) is 1. The summed E-state index contributed by atoms with van der Waals surface area (Å²) in [6, 6.07) is 5.78. The zero-order valence-corrected chi connectivity index (χ0v) is 11.9. The molecule has 0 saturated carbocycles. The van der Waals surface area contributed by atoms with E-state index in [1.807, 2.05) is 0 Å². The fourth-order valence-corrected chi connectivity index (χ4v) is 2.86. The predicted octanol–water partition coefficient (Wildman–Crippen LogP) is 2.80. The Hall–Kier alpha value is -1.88. The molecule has 112 valence electrons. The summed E-state index contributed by atoms with van der Waals surface area (Å²) in [7, 11) is 0. The molecule has 2 heterocycles. The zero-order chi connectivity index (χ0) is 15.0. The Kier molecular flexibility index (Phi) is 3.68. The van der Waals surface area contributed by atoms with Crippen LogP contribution in [0.4, 0.5) is 4.39 Å². The smallest absolute Gasteiger partial charge is 0.289 e. The van der Waals surface area contributed by atoms with Crippen molar-refractivity contribution >= 4 is 16.9 Å². The Morgan fingerprint density at radius 3 is 2.76 bits per heavy atom. The molecule has 1 aromatic heterocycles. The summed E-state index contributed by atoms with van der Waals surface area (Å²) in [5.74, 6) is -0.0272. The van der Waals surface area contributed by atoms with Crippen molar-refractivity contribution in [3.8, 4) is 0 Å². The maximum Gasteiger partial charge on any atom is 0.289 e. The largest absolute Gasteiger partial charge is 0.451 e. The van der Waals surface area contributed by atoms with Gasteiger partial charge in [-0.1, -0.05) is 0 Å². The third-order valence-corrected chi connectivity index (χ3v) is 4.20. The van der Waals surface area contributed by atoms with E-state index in [0.29, 0.717) is 24.1 Å². The summed E-state index contributed by atoms with van der Waals surface area (Å²) in [6.45, 7) is 3.01.